The third-order valence-electron chi connectivity index (χ3n) is 2.62. The van der Waals surface area contributed by atoms with Gasteiger partial charge < -0.3 is 5.73 Å². The zero-order valence-corrected chi connectivity index (χ0v) is 10.6. The molecule has 1 nitrogen and oxygen atoms in total. The molecule has 0 spiro atoms. The van der Waals surface area contributed by atoms with Crippen LogP contribution in [0.1, 0.15) is 20.3 Å². The quantitative estimate of drug-likeness (QED) is 0.834. The number of hydrogen-bond acceptors (Lipinski definition) is 2. The molecule has 0 amide bonds. The first-order valence-electron chi connectivity index (χ1n) is 5.49. The molecule has 84 valence electrons. The molecule has 1 aromatic carbocycles. The lowest BCUT2D eigenvalue weighted by atomic mass is 9.85. The topological polar surface area (TPSA) is 26.0 Å². The van der Waals surface area contributed by atoms with E-state index in [4.69, 9.17) is 5.73 Å². The van der Waals surface area contributed by atoms with E-state index >= 15 is 0 Å². The molecular weight excluding hydrogens is 214 g/mol. The predicted molar refractivity (Wildman–Crippen MR) is 71.1 cm³/mol. The second-order valence-corrected chi connectivity index (χ2v) is 5.89. The van der Waals surface area contributed by atoms with Crippen LogP contribution in [0.4, 0.5) is 0 Å². The molecule has 0 radical (unpaired) electrons. The van der Waals surface area contributed by atoms with Gasteiger partial charge in [0, 0.05) is 15.5 Å². The summed E-state index contributed by atoms with van der Waals surface area (Å²) < 4.78 is 0. The van der Waals surface area contributed by atoms with E-state index in [2.05, 4.69) is 50.3 Å². The summed E-state index contributed by atoms with van der Waals surface area (Å²) in [5, 5.41) is 0. The molecule has 0 saturated carbocycles. The van der Waals surface area contributed by atoms with Gasteiger partial charge in [0.25, 0.3) is 0 Å². The van der Waals surface area contributed by atoms with Crippen LogP contribution in [0.3, 0.4) is 0 Å². The SMILES string of the molecule is CC1(C)C=C(N)C(Sc2ccccc2)=CC1. The molecule has 2 rings (SSSR count). The summed E-state index contributed by atoms with van der Waals surface area (Å²) in [6, 6.07) is 10.4. The summed E-state index contributed by atoms with van der Waals surface area (Å²) in [5.41, 5.74) is 7.18. The lowest BCUT2D eigenvalue weighted by Gasteiger charge is -2.25. The number of allylic oxidation sites excluding steroid dienone is 2. The van der Waals surface area contributed by atoms with E-state index in [1.807, 2.05) is 6.07 Å². The van der Waals surface area contributed by atoms with Gasteiger partial charge in [-0.05, 0) is 24.0 Å². The summed E-state index contributed by atoms with van der Waals surface area (Å²) >= 11 is 1.74. The minimum absolute atomic E-state index is 0.199. The van der Waals surface area contributed by atoms with Crippen molar-refractivity contribution in [1.29, 1.82) is 0 Å². The van der Waals surface area contributed by atoms with Gasteiger partial charge in [0.05, 0.1) is 0 Å². The molecule has 0 bridgehead atoms. The van der Waals surface area contributed by atoms with Crippen LogP contribution < -0.4 is 5.73 Å². The molecular formula is C14H17NS. The zero-order chi connectivity index (χ0) is 11.6. The summed E-state index contributed by atoms with van der Waals surface area (Å²) in [7, 11) is 0. The monoisotopic (exact) mass is 231 g/mol. The van der Waals surface area contributed by atoms with Crippen LogP contribution >= 0.6 is 11.8 Å². The van der Waals surface area contributed by atoms with E-state index in [1.165, 1.54) is 9.80 Å². The lowest BCUT2D eigenvalue weighted by Crippen LogP contribution is -2.15. The van der Waals surface area contributed by atoms with Crippen molar-refractivity contribution < 1.29 is 0 Å². The largest absolute Gasteiger partial charge is 0.398 e. The molecule has 2 heteroatoms. The lowest BCUT2D eigenvalue weighted by molar-refractivity contribution is 0.479. The summed E-state index contributed by atoms with van der Waals surface area (Å²) in [6.45, 7) is 4.42. The number of thioether (sulfide) groups is 1. The molecule has 16 heavy (non-hydrogen) atoms. The molecule has 0 heterocycles. The highest BCUT2D eigenvalue weighted by atomic mass is 32.2. The highest BCUT2D eigenvalue weighted by Gasteiger charge is 2.20. The molecule has 0 saturated heterocycles. The van der Waals surface area contributed by atoms with Crippen molar-refractivity contribution in [2.75, 3.05) is 0 Å². The van der Waals surface area contributed by atoms with Gasteiger partial charge in [-0.25, -0.2) is 0 Å². The van der Waals surface area contributed by atoms with E-state index < -0.39 is 0 Å². The predicted octanol–water partition coefficient (Wildman–Crippen LogP) is 3.94. The third-order valence-corrected chi connectivity index (χ3v) is 3.75. The van der Waals surface area contributed by atoms with Crippen molar-refractivity contribution in [3.8, 4) is 0 Å². The van der Waals surface area contributed by atoms with Gasteiger partial charge in [0.15, 0.2) is 0 Å². The van der Waals surface area contributed by atoms with Gasteiger partial charge in [-0.15, -0.1) is 0 Å². The Labute approximate surface area is 101 Å². The Balaban J connectivity index is 2.14. The third kappa shape index (κ3) is 2.70. The molecule has 2 N–H and O–H groups in total. The van der Waals surface area contributed by atoms with E-state index in [0.29, 0.717) is 0 Å². The number of rotatable bonds is 2. The summed E-state index contributed by atoms with van der Waals surface area (Å²) in [5.74, 6) is 0. The van der Waals surface area contributed by atoms with Gasteiger partial charge in [-0.2, -0.15) is 0 Å². The number of benzene rings is 1. The Bertz CT molecular complexity index is 429. The first kappa shape index (κ1) is 11.3. The van der Waals surface area contributed by atoms with Gasteiger partial charge in [-0.3, -0.25) is 0 Å². The minimum Gasteiger partial charge on any atom is -0.398 e. The molecule has 0 aliphatic heterocycles. The van der Waals surface area contributed by atoms with Crippen LogP contribution in [0.25, 0.3) is 0 Å². The van der Waals surface area contributed by atoms with Gasteiger partial charge in [0.2, 0.25) is 0 Å². The van der Waals surface area contributed by atoms with Crippen molar-refractivity contribution in [2.45, 2.75) is 25.2 Å². The molecule has 0 unspecified atom stereocenters. The van der Waals surface area contributed by atoms with E-state index in [0.717, 1.165) is 12.1 Å². The Morgan fingerprint density at radius 1 is 1.19 bits per heavy atom. The molecule has 1 aliphatic carbocycles. The van der Waals surface area contributed by atoms with Crippen molar-refractivity contribution in [3.63, 3.8) is 0 Å². The Hall–Kier alpha value is -1.15. The molecule has 0 atom stereocenters. The summed E-state index contributed by atoms with van der Waals surface area (Å²) in [6.07, 6.45) is 5.47. The zero-order valence-electron chi connectivity index (χ0n) is 9.73. The van der Waals surface area contributed by atoms with Crippen molar-refractivity contribution >= 4 is 11.8 Å². The van der Waals surface area contributed by atoms with Crippen molar-refractivity contribution in [2.24, 2.45) is 11.1 Å². The van der Waals surface area contributed by atoms with Crippen LogP contribution in [0, 0.1) is 5.41 Å². The molecule has 0 aromatic heterocycles. The van der Waals surface area contributed by atoms with E-state index in [9.17, 15) is 0 Å². The minimum atomic E-state index is 0.199. The van der Waals surface area contributed by atoms with Crippen molar-refractivity contribution in [1.82, 2.24) is 0 Å². The highest BCUT2D eigenvalue weighted by molar-refractivity contribution is 8.03. The van der Waals surface area contributed by atoms with Gasteiger partial charge in [0.1, 0.15) is 0 Å². The van der Waals surface area contributed by atoms with Crippen LogP contribution in [-0.2, 0) is 0 Å². The smallest absolute Gasteiger partial charge is 0.0417 e. The number of hydrogen-bond donors (Lipinski definition) is 1. The first-order valence-corrected chi connectivity index (χ1v) is 6.30. The molecule has 1 aromatic rings. The van der Waals surface area contributed by atoms with Crippen LogP contribution in [0.15, 0.2) is 58.0 Å². The normalized spacial score (nSPS) is 18.9. The standard InChI is InChI=1S/C14H17NS/c1-14(2)9-8-13(12(15)10-14)16-11-6-4-3-5-7-11/h3-8,10H,9,15H2,1-2H3. The van der Waals surface area contributed by atoms with E-state index in [-0.39, 0.29) is 5.41 Å². The van der Waals surface area contributed by atoms with Crippen molar-refractivity contribution in [3.05, 3.63) is 53.1 Å². The fraction of sp³-hybridized carbons (Fsp3) is 0.286. The maximum absolute atomic E-state index is 6.07. The van der Waals surface area contributed by atoms with Gasteiger partial charge in [-0.1, -0.05) is 56.0 Å². The van der Waals surface area contributed by atoms with E-state index in [1.54, 1.807) is 11.8 Å². The Morgan fingerprint density at radius 3 is 2.50 bits per heavy atom. The van der Waals surface area contributed by atoms with Crippen LogP contribution in [-0.4, -0.2) is 0 Å². The highest BCUT2D eigenvalue weighted by Crippen LogP contribution is 2.37. The second-order valence-electron chi connectivity index (χ2n) is 4.78. The molecule has 1 aliphatic rings. The van der Waals surface area contributed by atoms with Crippen LogP contribution in [0.2, 0.25) is 0 Å². The number of nitrogens with two attached hydrogens (primary N) is 1. The second kappa shape index (κ2) is 4.38. The summed E-state index contributed by atoms with van der Waals surface area (Å²) in [4.78, 5) is 2.43. The van der Waals surface area contributed by atoms with Crippen LogP contribution in [0.5, 0.6) is 0 Å². The fourth-order valence-electron chi connectivity index (χ4n) is 1.74. The molecule has 0 fully saturated rings. The maximum Gasteiger partial charge on any atom is 0.0417 e. The maximum atomic E-state index is 6.07. The van der Waals surface area contributed by atoms with Gasteiger partial charge >= 0.3 is 0 Å². The average molecular weight is 231 g/mol. The Morgan fingerprint density at radius 2 is 1.88 bits per heavy atom. The first-order chi connectivity index (χ1) is 7.57. The Kier molecular flexibility index (Phi) is 3.10. The fourth-order valence-corrected chi connectivity index (χ4v) is 2.63. The average Bonchev–Trinajstić information content (AvgIpc) is 2.23.